The molecule has 11 rings (SSSR count). The zero-order valence-electron chi connectivity index (χ0n) is 24.6. The average Bonchev–Trinajstić information content (AvgIpc) is 3.43. The quantitative estimate of drug-likeness (QED) is 0.207. The van der Waals surface area contributed by atoms with Gasteiger partial charge in [-0.15, -0.1) is 0 Å². The van der Waals surface area contributed by atoms with Gasteiger partial charge in [-0.05, 0) is 114 Å². The summed E-state index contributed by atoms with van der Waals surface area (Å²) in [4.78, 5) is 2.53. The van der Waals surface area contributed by atoms with E-state index in [-0.39, 0.29) is 5.41 Å². The lowest BCUT2D eigenvalue weighted by atomic mass is 9.53. The molecular weight excluding hydrogens is 532 g/mol. The van der Waals surface area contributed by atoms with Gasteiger partial charge < -0.3 is 9.47 Å². The molecule has 0 radical (unpaired) electrons. The summed E-state index contributed by atoms with van der Waals surface area (Å²) in [5, 5.41) is 2.57. The number of fused-ring (bicyclic) bond motifs is 6. The Labute approximate surface area is 257 Å². The molecule has 1 fully saturated rings. The third-order valence-electron chi connectivity index (χ3n) is 10.9. The summed E-state index contributed by atoms with van der Waals surface area (Å²) in [7, 11) is 0. The summed E-state index contributed by atoms with van der Waals surface area (Å²) in [5.74, 6) is 0.712. The van der Waals surface area contributed by atoms with Gasteiger partial charge >= 0.3 is 0 Å². The average molecular weight is 565 g/mol. The predicted octanol–water partition coefficient (Wildman–Crippen LogP) is 11.2. The minimum atomic E-state index is 0.169. The molecule has 0 N–H and O–H groups in total. The van der Waals surface area contributed by atoms with E-state index in [1.54, 1.807) is 11.1 Å². The van der Waals surface area contributed by atoms with Gasteiger partial charge in [0.15, 0.2) is 0 Å². The van der Waals surface area contributed by atoms with Crippen molar-refractivity contribution in [2.75, 3.05) is 4.90 Å². The van der Waals surface area contributed by atoms with Gasteiger partial charge in [0, 0.05) is 27.6 Å². The highest BCUT2D eigenvalue weighted by molar-refractivity contribution is 6.10. The number of hydrogen-bond donors (Lipinski definition) is 0. The Morgan fingerprint density at radius 2 is 1.23 bits per heavy atom. The highest BCUT2D eigenvalue weighted by atomic mass is 15.2. The van der Waals surface area contributed by atoms with Crippen LogP contribution in [0.15, 0.2) is 140 Å². The van der Waals surface area contributed by atoms with Crippen LogP contribution in [-0.4, -0.2) is 4.57 Å². The normalized spacial score (nSPS) is 19.7. The van der Waals surface area contributed by atoms with Crippen LogP contribution in [0.1, 0.15) is 48.3 Å². The number of nitrogens with zero attached hydrogens (tertiary/aromatic N) is 2. The largest absolute Gasteiger partial charge is 0.310 e. The number of benzene rings is 6. The molecule has 2 heterocycles. The third-order valence-corrected chi connectivity index (χ3v) is 10.9. The van der Waals surface area contributed by atoms with Crippen molar-refractivity contribution in [3.05, 3.63) is 156 Å². The van der Waals surface area contributed by atoms with Crippen LogP contribution >= 0.6 is 0 Å². The molecule has 44 heavy (non-hydrogen) atoms. The fourth-order valence-electron chi connectivity index (χ4n) is 8.97. The van der Waals surface area contributed by atoms with Crippen LogP contribution in [0.2, 0.25) is 0 Å². The lowest BCUT2D eigenvalue weighted by Gasteiger charge is -2.54. The maximum absolute atomic E-state index is 2.53. The summed E-state index contributed by atoms with van der Waals surface area (Å²) >= 11 is 0. The zero-order chi connectivity index (χ0) is 28.8. The van der Waals surface area contributed by atoms with Gasteiger partial charge in [-0.2, -0.15) is 0 Å². The molecule has 2 heteroatoms. The van der Waals surface area contributed by atoms with E-state index in [0.29, 0.717) is 5.92 Å². The van der Waals surface area contributed by atoms with Crippen molar-refractivity contribution in [1.29, 1.82) is 0 Å². The van der Waals surface area contributed by atoms with Crippen molar-refractivity contribution in [3.8, 4) is 16.8 Å². The van der Waals surface area contributed by atoms with Crippen molar-refractivity contribution >= 4 is 38.9 Å². The minimum absolute atomic E-state index is 0.169. The van der Waals surface area contributed by atoms with Crippen LogP contribution in [0.25, 0.3) is 38.6 Å². The van der Waals surface area contributed by atoms with Crippen molar-refractivity contribution in [2.45, 2.75) is 37.0 Å². The molecule has 2 bridgehead atoms. The van der Waals surface area contributed by atoms with E-state index in [0.717, 1.165) is 0 Å². The number of hydrogen-bond acceptors (Lipinski definition) is 1. The van der Waals surface area contributed by atoms with E-state index in [1.807, 2.05) is 0 Å². The van der Waals surface area contributed by atoms with Gasteiger partial charge in [0.1, 0.15) is 0 Å². The molecule has 2 nitrogen and oxygen atoms in total. The first-order valence-corrected chi connectivity index (χ1v) is 16.0. The first kappa shape index (κ1) is 24.4. The maximum atomic E-state index is 2.53. The summed E-state index contributed by atoms with van der Waals surface area (Å²) in [5.41, 5.74) is 15.0. The highest BCUT2D eigenvalue weighted by Crippen LogP contribution is 2.64. The fourth-order valence-corrected chi connectivity index (χ4v) is 8.97. The van der Waals surface area contributed by atoms with E-state index >= 15 is 0 Å². The second-order valence-corrected chi connectivity index (χ2v) is 12.9. The van der Waals surface area contributed by atoms with E-state index in [1.165, 1.54) is 86.9 Å². The first-order chi connectivity index (χ1) is 21.8. The standard InChI is InChI=1S/C42H32N2/c1-2-9-31(10-3-1)43-37-14-6-4-11-34(37)35-27-30(19-22-38(35)43)28-17-20-32(21-18-28)44-39-15-7-5-13-36(39)42-25-23-29(24-26-42)33-12-8-16-40(44)41(33)42/h1-22,27,29H,23-26H2. The summed E-state index contributed by atoms with van der Waals surface area (Å²) < 4.78 is 2.38. The Kier molecular flexibility index (Phi) is 4.97. The molecule has 7 aromatic rings. The SMILES string of the molecule is c1ccc(-n2c3ccccc3c3cc(-c4ccc(N5c6ccccc6C67CCC(CC6)c6cccc5c67)cc4)ccc32)cc1. The van der Waals surface area contributed by atoms with Gasteiger partial charge in [-0.1, -0.05) is 84.9 Å². The summed E-state index contributed by atoms with van der Waals surface area (Å²) in [6.45, 7) is 0. The third kappa shape index (κ3) is 3.20. The second kappa shape index (κ2) is 8.97. The van der Waals surface area contributed by atoms with Gasteiger partial charge in [-0.3, -0.25) is 0 Å². The predicted molar refractivity (Wildman–Crippen MR) is 183 cm³/mol. The molecule has 0 saturated heterocycles. The van der Waals surface area contributed by atoms with Crippen LogP contribution in [0.3, 0.4) is 0 Å². The maximum Gasteiger partial charge on any atom is 0.0541 e. The van der Waals surface area contributed by atoms with E-state index in [2.05, 4.69) is 149 Å². The number of para-hydroxylation sites is 3. The summed E-state index contributed by atoms with van der Waals surface area (Å²) in [6, 6.07) is 51.9. The molecule has 210 valence electrons. The van der Waals surface area contributed by atoms with E-state index < -0.39 is 0 Å². The lowest BCUT2D eigenvalue weighted by Crippen LogP contribution is -2.43. The Balaban J connectivity index is 1.10. The van der Waals surface area contributed by atoms with Gasteiger partial charge in [0.2, 0.25) is 0 Å². The molecule has 6 aromatic carbocycles. The molecule has 1 saturated carbocycles. The number of rotatable bonds is 3. The Hall–Kier alpha value is -5.08. The lowest BCUT2D eigenvalue weighted by molar-refractivity contribution is 0.278. The van der Waals surface area contributed by atoms with Crippen molar-refractivity contribution in [1.82, 2.24) is 4.57 Å². The number of anilines is 3. The molecule has 1 aliphatic heterocycles. The van der Waals surface area contributed by atoms with Crippen molar-refractivity contribution in [2.24, 2.45) is 0 Å². The molecule has 0 unspecified atom stereocenters. The van der Waals surface area contributed by atoms with Crippen LogP contribution < -0.4 is 4.90 Å². The summed E-state index contributed by atoms with van der Waals surface area (Å²) in [6.07, 6.45) is 5.17. The van der Waals surface area contributed by atoms with Crippen LogP contribution in [-0.2, 0) is 5.41 Å². The monoisotopic (exact) mass is 564 g/mol. The highest BCUT2D eigenvalue weighted by Gasteiger charge is 2.51. The van der Waals surface area contributed by atoms with Crippen molar-refractivity contribution in [3.63, 3.8) is 0 Å². The van der Waals surface area contributed by atoms with Gasteiger partial charge in [0.05, 0.1) is 22.4 Å². The molecule has 1 spiro atoms. The Morgan fingerprint density at radius 1 is 0.523 bits per heavy atom. The molecule has 1 aromatic heterocycles. The topological polar surface area (TPSA) is 8.17 Å². The zero-order valence-corrected chi connectivity index (χ0v) is 24.6. The smallest absolute Gasteiger partial charge is 0.0541 e. The van der Waals surface area contributed by atoms with E-state index in [9.17, 15) is 0 Å². The van der Waals surface area contributed by atoms with E-state index in [4.69, 9.17) is 0 Å². The second-order valence-electron chi connectivity index (χ2n) is 12.9. The van der Waals surface area contributed by atoms with Crippen LogP contribution in [0, 0.1) is 0 Å². The molecule has 0 atom stereocenters. The molecule has 0 amide bonds. The Morgan fingerprint density at radius 3 is 2.09 bits per heavy atom. The Bertz CT molecular complexity index is 2230. The first-order valence-electron chi connectivity index (χ1n) is 16.0. The molecule has 4 aliphatic rings. The van der Waals surface area contributed by atoms with Crippen LogP contribution in [0.4, 0.5) is 17.1 Å². The van der Waals surface area contributed by atoms with Crippen molar-refractivity contribution < 1.29 is 0 Å². The van der Waals surface area contributed by atoms with Crippen LogP contribution in [0.5, 0.6) is 0 Å². The van der Waals surface area contributed by atoms with Gasteiger partial charge in [-0.25, -0.2) is 0 Å². The fraction of sp³-hybridized carbons (Fsp3) is 0.143. The molecule has 3 aliphatic carbocycles. The van der Waals surface area contributed by atoms with Gasteiger partial charge in [0.25, 0.3) is 0 Å². The minimum Gasteiger partial charge on any atom is -0.310 e. The number of aromatic nitrogens is 1. The molecular formula is C42H32N2.